The van der Waals surface area contributed by atoms with Crippen LogP contribution >= 0.6 is 0 Å². The molecule has 0 aliphatic rings. The smallest absolute Gasteiger partial charge is 0.334 e. The molecule has 0 unspecified atom stereocenters. The summed E-state index contributed by atoms with van der Waals surface area (Å²) in [6.07, 6.45) is 12.9. The van der Waals surface area contributed by atoms with Gasteiger partial charge in [0.2, 0.25) is 0 Å². The summed E-state index contributed by atoms with van der Waals surface area (Å²) in [4.78, 5) is 11.9. The highest BCUT2D eigenvalue weighted by molar-refractivity contribution is 5.89. The maximum absolute atomic E-state index is 11.9. The van der Waals surface area contributed by atoms with Crippen molar-refractivity contribution < 1.29 is 9.53 Å². The molecule has 0 aromatic carbocycles. The van der Waals surface area contributed by atoms with Crippen LogP contribution in [0.1, 0.15) is 74.1 Å². The lowest BCUT2D eigenvalue weighted by atomic mass is 10.0. The molecule has 0 aliphatic carbocycles. The van der Waals surface area contributed by atoms with Crippen molar-refractivity contribution >= 4 is 5.97 Å². The van der Waals surface area contributed by atoms with E-state index >= 15 is 0 Å². The van der Waals surface area contributed by atoms with Crippen molar-refractivity contribution in [2.24, 2.45) is 5.92 Å². The van der Waals surface area contributed by atoms with Gasteiger partial charge in [-0.05, 0) is 66.2 Å². The van der Waals surface area contributed by atoms with Crippen LogP contribution in [0.4, 0.5) is 0 Å². The summed E-state index contributed by atoms with van der Waals surface area (Å²) in [6.45, 7) is 14.9. The van der Waals surface area contributed by atoms with Gasteiger partial charge in [-0.3, -0.25) is 0 Å². The number of hydrogen-bond donors (Lipinski definition) is 0. The molecule has 2 heteroatoms. The molecule has 0 rings (SSSR count). The van der Waals surface area contributed by atoms with Gasteiger partial charge in [0.05, 0.1) is 6.61 Å². The first-order valence-corrected chi connectivity index (χ1v) is 9.11. The zero-order chi connectivity index (χ0) is 18.5. The zero-order valence-electron chi connectivity index (χ0n) is 16.7. The Bertz CT molecular complexity index is 498. The number of rotatable bonds is 10. The molecule has 0 radical (unpaired) electrons. The normalized spacial score (nSPS) is 13.2. The Morgan fingerprint density at radius 2 is 1.50 bits per heavy atom. The summed E-state index contributed by atoms with van der Waals surface area (Å²) < 4.78 is 5.11. The van der Waals surface area contributed by atoms with Gasteiger partial charge in [0.1, 0.15) is 0 Å². The molecule has 0 atom stereocenters. The number of carbonyl (C=O) groups is 1. The molecule has 0 saturated carbocycles. The lowest BCUT2D eigenvalue weighted by Crippen LogP contribution is -2.12. The molecule has 0 heterocycles. The number of allylic oxidation sites excluding steroid dienone is 7. The van der Waals surface area contributed by atoms with Crippen LogP contribution in [0.5, 0.6) is 0 Å². The zero-order valence-corrected chi connectivity index (χ0v) is 16.7. The number of ether oxygens (including phenoxy) is 1. The van der Waals surface area contributed by atoms with Gasteiger partial charge in [0, 0.05) is 5.57 Å². The lowest BCUT2D eigenvalue weighted by Gasteiger charge is -2.09. The molecular weight excluding hydrogens is 296 g/mol. The van der Waals surface area contributed by atoms with E-state index in [9.17, 15) is 4.79 Å². The van der Waals surface area contributed by atoms with E-state index in [0.717, 1.165) is 31.3 Å². The van der Waals surface area contributed by atoms with Gasteiger partial charge in [-0.25, -0.2) is 4.79 Å². The molecule has 0 aliphatic heterocycles. The van der Waals surface area contributed by atoms with Crippen LogP contribution in [-0.2, 0) is 9.53 Å². The molecule has 0 bridgehead atoms. The second kappa shape index (κ2) is 12.8. The van der Waals surface area contributed by atoms with Gasteiger partial charge >= 0.3 is 5.97 Å². The SMILES string of the molecule is CCOC(=O)/C(=C\C=C(/C)CC/C=C(\C)CCC=C(C)C)C(C)C. The number of hydrogen-bond acceptors (Lipinski definition) is 2. The van der Waals surface area contributed by atoms with E-state index in [1.165, 1.54) is 16.7 Å². The van der Waals surface area contributed by atoms with Crippen LogP contribution in [0.2, 0.25) is 0 Å². The van der Waals surface area contributed by atoms with Crippen LogP contribution in [0.25, 0.3) is 0 Å². The first-order chi connectivity index (χ1) is 11.3. The van der Waals surface area contributed by atoms with Crippen molar-refractivity contribution in [3.8, 4) is 0 Å². The number of esters is 1. The molecule has 0 N–H and O–H groups in total. The topological polar surface area (TPSA) is 26.3 Å². The molecule has 0 saturated heterocycles. The van der Waals surface area contributed by atoms with Gasteiger partial charge in [0.15, 0.2) is 0 Å². The van der Waals surface area contributed by atoms with Crippen molar-refractivity contribution in [2.45, 2.75) is 74.1 Å². The Labute approximate surface area is 149 Å². The van der Waals surface area contributed by atoms with Gasteiger partial charge in [0.25, 0.3) is 0 Å². The van der Waals surface area contributed by atoms with Gasteiger partial charge in [-0.2, -0.15) is 0 Å². The predicted octanol–water partition coefficient (Wildman–Crippen LogP) is 6.55. The van der Waals surface area contributed by atoms with Crippen molar-refractivity contribution in [3.05, 3.63) is 46.6 Å². The standard InChI is InChI=1S/C22H36O2/c1-8-24-22(23)21(18(4)5)16-15-20(7)14-10-13-19(6)12-9-11-17(2)3/h11,13,15-16,18H,8-10,12,14H2,1-7H3/b19-13+,20-15+,21-16-. The van der Waals surface area contributed by atoms with Crippen molar-refractivity contribution in [3.63, 3.8) is 0 Å². The van der Waals surface area contributed by atoms with E-state index in [0.29, 0.717) is 6.61 Å². The summed E-state index contributed by atoms with van der Waals surface area (Å²) in [5, 5.41) is 0. The molecule has 2 nitrogen and oxygen atoms in total. The second-order valence-electron chi connectivity index (χ2n) is 6.92. The molecule has 0 aromatic heterocycles. The fraction of sp³-hybridized carbons (Fsp3) is 0.591. The average molecular weight is 333 g/mol. The Morgan fingerprint density at radius 3 is 2.04 bits per heavy atom. The highest BCUT2D eigenvalue weighted by atomic mass is 16.5. The van der Waals surface area contributed by atoms with Gasteiger partial charge < -0.3 is 4.74 Å². The average Bonchev–Trinajstić information content (AvgIpc) is 2.46. The molecule has 0 amide bonds. The van der Waals surface area contributed by atoms with E-state index in [-0.39, 0.29) is 11.9 Å². The summed E-state index contributed by atoms with van der Waals surface area (Å²) >= 11 is 0. The van der Waals surface area contributed by atoms with Crippen LogP contribution < -0.4 is 0 Å². The summed E-state index contributed by atoms with van der Waals surface area (Å²) in [6, 6.07) is 0. The molecule has 24 heavy (non-hydrogen) atoms. The Morgan fingerprint density at radius 1 is 0.917 bits per heavy atom. The van der Waals surface area contributed by atoms with E-state index in [1.54, 1.807) is 0 Å². The van der Waals surface area contributed by atoms with Crippen molar-refractivity contribution in [2.75, 3.05) is 6.61 Å². The highest BCUT2D eigenvalue weighted by Gasteiger charge is 2.13. The van der Waals surface area contributed by atoms with Gasteiger partial charge in [-0.1, -0.05) is 54.9 Å². The molecule has 0 aromatic rings. The highest BCUT2D eigenvalue weighted by Crippen LogP contribution is 2.15. The maximum Gasteiger partial charge on any atom is 0.334 e. The molecule has 136 valence electrons. The molecular formula is C22H36O2. The summed E-state index contributed by atoms with van der Waals surface area (Å²) in [7, 11) is 0. The summed E-state index contributed by atoms with van der Waals surface area (Å²) in [5.74, 6) is -0.0307. The van der Waals surface area contributed by atoms with Crippen molar-refractivity contribution in [1.29, 1.82) is 0 Å². The van der Waals surface area contributed by atoms with Crippen LogP contribution in [-0.4, -0.2) is 12.6 Å². The predicted molar refractivity (Wildman–Crippen MR) is 105 cm³/mol. The molecule has 0 spiro atoms. The fourth-order valence-electron chi connectivity index (χ4n) is 2.26. The number of carbonyl (C=O) groups excluding carboxylic acids is 1. The van der Waals surface area contributed by atoms with Crippen molar-refractivity contribution in [1.82, 2.24) is 0 Å². The first-order valence-electron chi connectivity index (χ1n) is 9.11. The van der Waals surface area contributed by atoms with Crippen LogP contribution in [0.15, 0.2) is 46.6 Å². The van der Waals surface area contributed by atoms with E-state index in [2.05, 4.69) is 45.9 Å². The Balaban J connectivity index is 4.55. The maximum atomic E-state index is 11.9. The molecule has 0 fully saturated rings. The minimum Gasteiger partial charge on any atom is -0.463 e. The third kappa shape index (κ3) is 11.0. The first kappa shape index (κ1) is 22.4. The monoisotopic (exact) mass is 332 g/mol. The quantitative estimate of drug-likeness (QED) is 0.196. The minimum absolute atomic E-state index is 0.172. The Kier molecular flexibility index (Phi) is 12.0. The second-order valence-corrected chi connectivity index (χ2v) is 6.92. The van der Waals surface area contributed by atoms with Gasteiger partial charge in [-0.15, -0.1) is 0 Å². The van der Waals surface area contributed by atoms with E-state index in [4.69, 9.17) is 4.74 Å². The van der Waals surface area contributed by atoms with E-state index < -0.39 is 0 Å². The fourth-order valence-corrected chi connectivity index (χ4v) is 2.26. The third-order valence-electron chi connectivity index (χ3n) is 3.80. The minimum atomic E-state index is -0.202. The lowest BCUT2D eigenvalue weighted by molar-refractivity contribution is -0.139. The van der Waals surface area contributed by atoms with Crippen LogP contribution in [0, 0.1) is 5.92 Å². The largest absolute Gasteiger partial charge is 0.463 e. The van der Waals surface area contributed by atoms with Crippen LogP contribution in [0.3, 0.4) is 0 Å². The summed E-state index contributed by atoms with van der Waals surface area (Å²) in [5.41, 5.74) is 4.86. The van der Waals surface area contributed by atoms with E-state index in [1.807, 2.05) is 26.8 Å². The Hall–Kier alpha value is -1.57. The third-order valence-corrected chi connectivity index (χ3v) is 3.80.